The fraction of sp³-hybridized carbons (Fsp3) is 0.278. The molecule has 3 rings (SSSR count). The van der Waals surface area contributed by atoms with E-state index >= 15 is 0 Å². The van der Waals surface area contributed by atoms with Crippen LogP contribution in [0.4, 0.5) is 0 Å². The van der Waals surface area contributed by atoms with Crippen LogP contribution in [0.15, 0.2) is 30.3 Å². The van der Waals surface area contributed by atoms with Gasteiger partial charge in [-0.1, -0.05) is 18.2 Å². The maximum absolute atomic E-state index is 11.4. The number of aldehydes is 1. The van der Waals surface area contributed by atoms with E-state index in [0.717, 1.165) is 24.0 Å². The van der Waals surface area contributed by atoms with Gasteiger partial charge in [-0.25, -0.2) is 0 Å². The molecule has 3 heteroatoms. The van der Waals surface area contributed by atoms with Crippen molar-refractivity contribution in [1.29, 1.82) is 0 Å². The molecular weight excluding hydrogens is 264 g/mol. The Bertz CT molecular complexity index is 689. The number of fused-ring (bicyclic) bond motifs is 1. The molecular formula is C18H18O3. The summed E-state index contributed by atoms with van der Waals surface area (Å²) in [7, 11) is 1.47. The first-order valence-corrected chi connectivity index (χ1v) is 7.22. The largest absolute Gasteiger partial charge is 0.504 e. The van der Waals surface area contributed by atoms with Crippen LogP contribution in [0.25, 0.3) is 11.1 Å². The van der Waals surface area contributed by atoms with Gasteiger partial charge in [-0.3, -0.25) is 4.79 Å². The van der Waals surface area contributed by atoms with Gasteiger partial charge in [-0.2, -0.15) is 0 Å². The van der Waals surface area contributed by atoms with E-state index in [-0.39, 0.29) is 11.3 Å². The molecule has 21 heavy (non-hydrogen) atoms. The summed E-state index contributed by atoms with van der Waals surface area (Å²) in [6.45, 7) is 0. The first kappa shape index (κ1) is 13.7. The topological polar surface area (TPSA) is 46.5 Å². The van der Waals surface area contributed by atoms with Gasteiger partial charge in [0.15, 0.2) is 17.8 Å². The highest BCUT2D eigenvalue weighted by Crippen LogP contribution is 2.37. The van der Waals surface area contributed by atoms with Crippen LogP contribution in [0, 0.1) is 0 Å². The highest BCUT2D eigenvalue weighted by Gasteiger charge is 2.16. The molecule has 0 saturated carbocycles. The summed E-state index contributed by atoms with van der Waals surface area (Å²) in [4.78, 5) is 11.4. The lowest BCUT2D eigenvalue weighted by Crippen LogP contribution is -2.02. The summed E-state index contributed by atoms with van der Waals surface area (Å²) in [5, 5.41) is 10.1. The Morgan fingerprint density at radius 3 is 2.57 bits per heavy atom. The van der Waals surface area contributed by atoms with Crippen molar-refractivity contribution in [2.24, 2.45) is 0 Å². The molecule has 0 saturated heterocycles. The second kappa shape index (κ2) is 5.60. The van der Waals surface area contributed by atoms with Gasteiger partial charge in [-0.05, 0) is 60.1 Å². The summed E-state index contributed by atoms with van der Waals surface area (Å²) in [6.07, 6.45) is 5.36. The number of carbonyl (C=O) groups is 1. The van der Waals surface area contributed by atoms with Crippen molar-refractivity contribution in [2.75, 3.05) is 7.11 Å². The van der Waals surface area contributed by atoms with Crippen molar-refractivity contribution in [1.82, 2.24) is 0 Å². The van der Waals surface area contributed by atoms with E-state index in [2.05, 4.69) is 12.1 Å². The number of benzene rings is 2. The Balaban J connectivity index is 2.12. The number of carbonyl (C=O) groups excluding carboxylic acids is 1. The Hall–Kier alpha value is -2.29. The number of methoxy groups -OCH3 is 1. The smallest absolute Gasteiger partial charge is 0.169 e. The van der Waals surface area contributed by atoms with Crippen molar-refractivity contribution in [3.05, 3.63) is 47.0 Å². The number of hydrogen-bond donors (Lipinski definition) is 1. The van der Waals surface area contributed by atoms with Crippen LogP contribution < -0.4 is 4.74 Å². The second-order valence-electron chi connectivity index (χ2n) is 5.39. The average Bonchev–Trinajstić information content (AvgIpc) is 2.54. The van der Waals surface area contributed by atoms with E-state index in [4.69, 9.17) is 4.74 Å². The first-order chi connectivity index (χ1) is 10.2. The monoisotopic (exact) mass is 282 g/mol. The molecule has 0 spiro atoms. The predicted octanol–water partition coefficient (Wildman–Crippen LogP) is 3.76. The quantitative estimate of drug-likeness (QED) is 0.872. The van der Waals surface area contributed by atoms with Gasteiger partial charge in [0.1, 0.15) is 0 Å². The van der Waals surface area contributed by atoms with Crippen molar-refractivity contribution in [3.8, 4) is 22.6 Å². The molecule has 3 nitrogen and oxygen atoms in total. The number of aromatic hydroxyl groups is 1. The molecule has 0 bridgehead atoms. The van der Waals surface area contributed by atoms with Crippen LogP contribution in [0.2, 0.25) is 0 Å². The van der Waals surface area contributed by atoms with Gasteiger partial charge in [0.2, 0.25) is 0 Å². The van der Waals surface area contributed by atoms with Crippen LogP contribution in [0.5, 0.6) is 11.5 Å². The average molecular weight is 282 g/mol. The fourth-order valence-electron chi connectivity index (χ4n) is 3.02. The lowest BCUT2D eigenvalue weighted by Gasteiger charge is -2.17. The minimum Gasteiger partial charge on any atom is -0.504 e. The Kier molecular flexibility index (Phi) is 3.65. The second-order valence-corrected chi connectivity index (χ2v) is 5.39. The molecule has 0 heterocycles. The van der Waals surface area contributed by atoms with Gasteiger partial charge in [-0.15, -0.1) is 0 Å². The number of phenols is 1. The van der Waals surface area contributed by atoms with Gasteiger partial charge >= 0.3 is 0 Å². The Morgan fingerprint density at radius 1 is 1.10 bits per heavy atom. The van der Waals surface area contributed by atoms with E-state index in [1.807, 2.05) is 12.1 Å². The highest BCUT2D eigenvalue weighted by atomic mass is 16.5. The molecule has 108 valence electrons. The molecule has 1 aliphatic rings. The van der Waals surface area contributed by atoms with Crippen LogP contribution in [0.1, 0.15) is 34.3 Å². The number of aryl methyl sites for hydroxylation is 2. The summed E-state index contributed by atoms with van der Waals surface area (Å²) in [6, 6.07) is 9.82. The van der Waals surface area contributed by atoms with Gasteiger partial charge < -0.3 is 9.84 Å². The predicted molar refractivity (Wildman–Crippen MR) is 82.1 cm³/mol. The van der Waals surface area contributed by atoms with Crippen molar-refractivity contribution in [2.45, 2.75) is 25.7 Å². The molecule has 0 amide bonds. The van der Waals surface area contributed by atoms with Gasteiger partial charge in [0.25, 0.3) is 0 Å². The molecule has 0 fully saturated rings. The lowest BCUT2D eigenvalue weighted by molar-refractivity contribution is 0.112. The van der Waals surface area contributed by atoms with E-state index in [0.29, 0.717) is 12.0 Å². The molecule has 0 aliphatic heterocycles. The molecule has 2 aromatic rings. The third kappa shape index (κ3) is 2.40. The SMILES string of the molecule is COc1ccc(-c2ccc3c(c2)CCCC3)c(C=O)c1O. The van der Waals surface area contributed by atoms with E-state index in [1.54, 1.807) is 6.07 Å². The lowest BCUT2D eigenvalue weighted by atomic mass is 9.88. The molecule has 0 aromatic heterocycles. The van der Waals surface area contributed by atoms with Crippen molar-refractivity contribution in [3.63, 3.8) is 0 Å². The first-order valence-electron chi connectivity index (χ1n) is 7.22. The zero-order valence-corrected chi connectivity index (χ0v) is 12.1. The summed E-state index contributed by atoms with van der Waals surface area (Å²) < 4.78 is 5.06. The number of phenolic OH excluding ortho intramolecular Hbond substituents is 1. The molecule has 0 atom stereocenters. The van der Waals surface area contributed by atoms with E-state index in [1.165, 1.54) is 31.1 Å². The highest BCUT2D eigenvalue weighted by molar-refractivity contribution is 5.92. The van der Waals surface area contributed by atoms with E-state index < -0.39 is 0 Å². The summed E-state index contributed by atoms with van der Waals surface area (Å²) >= 11 is 0. The van der Waals surface area contributed by atoms with Gasteiger partial charge in [0.05, 0.1) is 12.7 Å². The third-order valence-corrected chi connectivity index (χ3v) is 4.18. The maximum atomic E-state index is 11.4. The van der Waals surface area contributed by atoms with Crippen LogP contribution in [0.3, 0.4) is 0 Å². The molecule has 0 radical (unpaired) electrons. The Labute approximate surface area is 124 Å². The Morgan fingerprint density at radius 2 is 1.86 bits per heavy atom. The standard InChI is InChI=1S/C18H18O3/c1-21-17-9-8-15(16(11-19)18(17)20)14-7-6-12-4-2-3-5-13(12)10-14/h6-11,20H,2-5H2,1H3. The normalized spacial score (nSPS) is 13.6. The van der Waals surface area contributed by atoms with E-state index in [9.17, 15) is 9.90 Å². The number of rotatable bonds is 3. The molecule has 0 unspecified atom stereocenters. The zero-order chi connectivity index (χ0) is 14.8. The fourth-order valence-corrected chi connectivity index (χ4v) is 3.02. The molecule has 1 aliphatic carbocycles. The van der Waals surface area contributed by atoms with Gasteiger partial charge in [0, 0.05) is 0 Å². The zero-order valence-electron chi connectivity index (χ0n) is 12.1. The number of hydrogen-bond acceptors (Lipinski definition) is 3. The van der Waals surface area contributed by atoms with Crippen LogP contribution in [-0.4, -0.2) is 18.5 Å². The minimum absolute atomic E-state index is 0.0947. The summed E-state index contributed by atoms with van der Waals surface area (Å²) in [5.74, 6) is 0.224. The van der Waals surface area contributed by atoms with Crippen molar-refractivity contribution < 1.29 is 14.6 Å². The van der Waals surface area contributed by atoms with Crippen LogP contribution in [-0.2, 0) is 12.8 Å². The molecule has 2 aromatic carbocycles. The maximum Gasteiger partial charge on any atom is 0.169 e. The summed E-state index contributed by atoms with van der Waals surface area (Å²) in [5.41, 5.74) is 4.75. The van der Waals surface area contributed by atoms with Crippen molar-refractivity contribution >= 4 is 6.29 Å². The minimum atomic E-state index is -0.0947. The third-order valence-electron chi connectivity index (χ3n) is 4.18. The number of ether oxygens (including phenoxy) is 1. The molecule has 1 N–H and O–H groups in total. The van der Waals surface area contributed by atoms with Crippen LogP contribution >= 0.6 is 0 Å².